The fourth-order valence-electron chi connectivity index (χ4n) is 3.44. The van der Waals surface area contributed by atoms with Gasteiger partial charge < -0.3 is 4.74 Å². The van der Waals surface area contributed by atoms with Gasteiger partial charge in [0.1, 0.15) is 10.6 Å². The van der Waals surface area contributed by atoms with Gasteiger partial charge in [0.25, 0.3) is 0 Å². The van der Waals surface area contributed by atoms with Gasteiger partial charge in [-0.3, -0.25) is 10.9 Å². The molecular formula is C20H24F3N3O3S. The molecule has 2 aromatic rings. The number of alkyl halides is 3. The van der Waals surface area contributed by atoms with Gasteiger partial charge in [-0.15, -0.1) is 13.2 Å². The Labute approximate surface area is 174 Å². The topological polar surface area (TPSA) is 70.7 Å². The van der Waals surface area contributed by atoms with Crippen molar-refractivity contribution in [2.24, 2.45) is 0 Å². The van der Waals surface area contributed by atoms with Crippen molar-refractivity contribution >= 4 is 10.0 Å². The molecule has 164 valence electrons. The first-order valence-corrected chi connectivity index (χ1v) is 11.0. The van der Waals surface area contributed by atoms with Crippen molar-refractivity contribution in [3.8, 4) is 5.75 Å². The maximum Gasteiger partial charge on any atom is 0.573 e. The van der Waals surface area contributed by atoms with Gasteiger partial charge in [-0.2, -0.15) is 0 Å². The Hall–Kier alpha value is -2.14. The van der Waals surface area contributed by atoms with Crippen LogP contribution in [0.15, 0.2) is 59.5 Å². The number of hydrogen-bond donors (Lipinski definition) is 2. The lowest BCUT2D eigenvalue weighted by Crippen LogP contribution is -2.33. The van der Waals surface area contributed by atoms with Crippen molar-refractivity contribution in [1.82, 2.24) is 15.2 Å². The molecule has 0 radical (unpaired) electrons. The number of para-hydroxylation sites is 1. The summed E-state index contributed by atoms with van der Waals surface area (Å²) in [5.41, 5.74) is 7.64. The van der Waals surface area contributed by atoms with E-state index in [2.05, 4.69) is 15.6 Å². The third-order valence-electron chi connectivity index (χ3n) is 4.97. The third kappa shape index (κ3) is 5.72. The third-order valence-corrected chi connectivity index (χ3v) is 6.87. The molecule has 0 saturated carbocycles. The molecule has 0 bridgehead atoms. The van der Waals surface area contributed by atoms with Gasteiger partial charge in [0.2, 0.25) is 10.0 Å². The van der Waals surface area contributed by atoms with E-state index in [0.29, 0.717) is 6.42 Å². The SMILES string of the molecule is CN(CCCC1CC(c2ccccc2)NN1)S(=O)(=O)c1ccccc1OC(F)(F)F. The van der Waals surface area contributed by atoms with Crippen LogP contribution in [0.25, 0.3) is 0 Å². The lowest BCUT2D eigenvalue weighted by atomic mass is 10.00. The van der Waals surface area contributed by atoms with E-state index in [0.717, 1.165) is 29.3 Å². The maximum atomic E-state index is 12.8. The summed E-state index contributed by atoms with van der Waals surface area (Å²) in [6, 6.07) is 15.1. The number of hydrogen-bond acceptors (Lipinski definition) is 5. The van der Waals surface area contributed by atoms with Crippen molar-refractivity contribution in [2.75, 3.05) is 13.6 Å². The molecule has 2 aromatic carbocycles. The second-order valence-corrected chi connectivity index (χ2v) is 9.16. The standard InChI is InChI=1S/C20H24F3N3O3S/c1-26(30(27,28)19-12-6-5-11-18(19)29-20(21,22)23)13-7-10-16-14-17(25-24-16)15-8-3-2-4-9-15/h2-6,8-9,11-12,16-17,24-25H,7,10,13-14H2,1H3. The normalized spacial score (nSPS) is 19.9. The Morgan fingerprint density at radius 3 is 2.43 bits per heavy atom. The average Bonchev–Trinajstić information content (AvgIpc) is 3.16. The minimum absolute atomic E-state index is 0.173. The molecule has 0 aromatic heterocycles. The van der Waals surface area contributed by atoms with Crippen LogP contribution >= 0.6 is 0 Å². The number of sulfonamides is 1. The minimum Gasteiger partial charge on any atom is -0.404 e. The van der Waals surface area contributed by atoms with Crippen molar-refractivity contribution in [3.63, 3.8) is 0 Å². The molecular weight excluding hydrogens is 419 g/mol. The predicted octanol–water partition coefficient (Wildman–Crippen LogP) is 3.59. The molecule has 1 saturated heterocycles. The van der Waals surface area contributed by atoms with Gasteiger partial charge in [0.15, 0.2) is 0 Å². The highest BCUT2D eigenvalue weighted by Gasteiger charge is 2.35. The van der Waals surface area contributed by atoms with Gasteiger partial charge in [-0.25, -0.2) is 12.7 Å². The summed E-state index contributed by atoms with van der Waals surface area (Å²) in [4.78, 5) is -0.505. The second-order valence-electron chi connectivity index (χ2n) is 7.15. The molecule has 2 N–H and O–H groups in total. The van der Waals surface area contributed by atoms with Gasteiger partial charge in [0.05, 0.1) is 0 Å². The number of hydrazine groups is 1. The number of ether oxygens (including phenoxy) is 1. The monoisotopic (exact) mass is 443 g/mol. The van der Waals surface area contributed by atoms with E-state index in [9.17, 15) is 21.6 Å². The van der Waals surface area contributed by atoms with Crippen LogP contribution in [0.5, 0.6) is 5.75 Å². The number of halogens is 3. The Kier molecular flexibility index (Phi) is 7.02. The largest absolute Gasteiger partial charge is 0.573 e. The Bertz CT molecular complexity index is 939. The summed E-state index contributed by atoms with van der Waals surface area (Å²) in [6.45, 7) is 0.177. The first-order valence-electron chi connectivity index (χ1n) is 9.54. The molecule has 2 unspecified atom stereocenters. The molecule has 1 heterocycles. The summed E-state index contributed by atoms with van der Waals surface area (Å²) in [6.07, 6.45) is -2.83. The highest BCUT2D eigenvalue weighted by molar-refractivity contribution is 7.89. The minimum atomic E-state index is -4.97. The molecule has 1 aliphatic rings. The molecule has 1 aliphatic heterocycles. The summed E-state index contributed by atoms with van der Waals surface area (Å²) in [5.74, 6) is -0.732. The summed E-state index contributed by atoms with van der Waals surface area (Å²) in [7, 11) is -2.77. The number of rotatable bonds is 8. The second kappa shape index (κ2) is 9.34. The molecule has 10 heteroatoms. The van der Waals surface area contributed by atoms with Crippen molar-refractivity contribution < 1.29 is 26.3 Å². The lowest BCUT2D eigenvalue weighted by molar-refractivity contribution is -0.275. The number of benzene rings is 2. The molecule has 0 amide bonds. The van der Waals surface area contributed by atoms with Gasteiger partial charge in [-0.1, -0.05) is 42.5 Å². The highest BCUT2D eigenvalue weighted by atomic mass is 32.2. The van der Waals surface area contributed by atoms with Crippen LogP contribution in [0.4, 0.5) is 13.2 Å². The Morgan fingerprint density at radius 1 is 1.07 bits per heavy atom. The molecule has 3 rings (SSSR count). The van der Waals surface area contributed by atoms with E-state index in [4.69, 9.17) is 0 Å². The van der Waals surface area contributed by atoms with Crippen LogP contribution in [-0.2, 0) is 10.0 Å². The van der Waals surface area contributed by atoms with Crippen molar-refractivity contribution in [2.45, 2.75) is 42.6 Å². The fourth-order valence-corrected chi connectivity index (χ4v) is 4.76. The zero-order chi connectivity index (χ0) is 21.8. The van der Waals surface area contributed by atoms with Crippen LogP contribution < -0.4 is 15.6 Å². The van der Waals surface area contributed by atoms with Crippen LogP contribution in [0.2, 0.25) is 0 Å². The van der Waals surface area contributed by atoms with E-state index >= 15 is 0 Å². The highest BCUT2D eigenvalue weighted by Crippen LogP contribution is 2.31. The number of nitrogens with zero attached hydrogens (tertiary/aromatic N) is 1. The molecule has 6 nitrogen and oxygen atoms in total. The summed E-state index contributed by atoms with van der Waals surface area (Å²) >= 11 is 0. The van der Waals surface area contributed by atoms with E-state index in [1.165, 1.54) is 24.7 Å². The number of nitrogens with one attached hydrogen (secondary N) is 2. The summed E-state index contributed by atoms with van der Waals surface area (Å²) < 4.78 is 68.2. The molecule has 30 heavy (non-hydrogen) atoms. The molecule has 0 aliphatic carbocycles. The quantitative estimate of drug-likeness (QED) is 0.653. The van der Waals surface area contributed by atoms with Crippen molar-refractivity contribution in [3.05, 3.63) is 60.2 Å². The smallest absolute Gasteiger partial charge is 0.404 e. The van der Waals surface area contributed by atoms with E-state index < -0.39 is 27.0 Å². The molecule has 2 atom stereocenters. The Balaban J connectivity index is 1.56. The summed E-state index contributed by atoms with van der Waals surface area (Å²) in [5, 5.41) is 0. The van der Waals surface area contributed by atoms with Crippen LogP contribution in [-0.4, -0.2) is 38.7 Å². The lowest BCUT2D eigenvalue weighted by Gasteiger charge is -2.20. The van der Waals surface area contributed by atoms with Crippen LogP contribution in [0.1, 0.15) is 30.9 Å². The first-order chi connectivity index (χ1) is 14.2. The van der Waals surface area contributed by atoms with Crippen LogP contribution in [0, 0.1) is 0 Å². The van der Waals surface area contributed by atoms with Gasteiger partial charge in [-0.05, 0) is 37.0 Å². The maximum absolute atomic E-state index is 12.8. The van der Waals surface area contributed by atoms with E-state index in [-0.39, 0.29) is 18.6 Å². The van der Waals surface area contributed by atoms with E-state index in [1.807, 2.05) is 30.3 Å². The zero-order valence-corrected chi connectivity index (χ0v) is 17.2. The molecule has 0 spiro atoms. The predicted molar refractivity (Wildman–Crippen MR) is 106 cm³/mol. The van der Waals surface area contributed by atoms with E-state index in [1.54, 1.807) is 0 Å². The van der Waals surface area contributed by atoms with Gasteiger partial charge in [0, 0.05) is 25.7 Å². The van der Waals surface area contributed by atoms with Crippen molar-refractivity contribution in [1.29, 1.82) is 0 Å². The molecule has 1 fully saturated rings. The zero-order valence-electron chi connectivity index (χ0n) is 16.4. The fraction of sp³-hybridized carbons (Fsp3) is 0.400. The van der Waals surface area contributed by atoms with Crippen LogP contribution in [0.3, 0.4) is 0 Å². The average molecular weight is 443 g/mol. The first kappa shape index (κ1) is 22.5. The Morgan fingerprint density at radius 2 is 1.73 bits per heavy atom. The van der Waals surface area contributed by atoms with Gasteiger partial charge >= 0.3 is 6.36 Å².